The van der Waals surface area contributed by atoms with Gasteiger partial charge in [0, 0.05) is 18.8 Å². The van der Waals surface area contributed by atoms with Crippen molar-refractivity contribution in [2.45, 2.75) is 26.9 Å². The minimum absolute atomic E-state index is 0.872. The molecule has 0 amide bonds. The lowest BCUT2D eigenvalue weighted by atomic mass is 10.1. The van der Waals surface area contributed by atoms with Crippen LogP contribution < -0.4 is 5.32 Å². The van der Waals surface area contributed by atoms with E-state index in [-0.39, 0.29) is 0 Å². The highest BCUT2D eigenvalue weighted by atomic mass is 15.1. The van der Waals surface area contributed by atoms with Gasteiger partial charge in [0.2, 0.25) is 0 Å². The highest BCUT2D eigenvalue weighted by molar-refractivity contribution is 5.51. The van der Waals surface area contributed by atoms with E-state index in [4.69, 9.17) is 0 Å². The van der Waals surface area contributed by atoms with Gasteiger partial charge in [0.05, 0.1) is 0 Å². The van der Waals surface area contributed by atoms with Gasteiger partial charge in [0.25, 0.3) is 0 Å². The predicted octanol–water partition coefficient (Wildman–Crippen LogP) is 3.98. The van der Waals surface area contributed by atoms with Crippen LogP contribution in [-0.2, 0) is 13.1 Å². The number of anilines is 1. The number of nitrogens with zero attached hydrogens (tertiary/aromatic N) is 1. The average Bonchev–Trinajstić information content (AvgIpc) is 2.39. The predicted molar refractivity (Wildman–Crippen MR) is 87.1 cm³/mol. The molecule has 2 aromatic rings. The summed E-state index contributed by atoms with van der Waals surface area (Å²) in [6, 6.07) is 15.2. The summed E-state index contributed by atoms with van der Waals surface area (Å²) in [5.41, 5.74) is 6.58. The van der Waals surface area contributed by atoms with Crippen molar-refractivity contribution in [1.29, 1.82) is 0 Å². The average molecular weight is 268 g/mol. The molecule has 2 nitrogen and oxygen atoms in total. The van der Waals surface area contributed by atoms with E-state index in [1.165, 1.54) is 27.9 Å². The van der Waals surface area contributed by atoms with Crippen molar-refractivity contribution >= 4 is 5.69 Å². The van der Waals surface area contributed by atoms with Crippen LogP contribution in [-0.4, -0.2) is 19.0 Å². The maximum absolute atomic E-state index is 3.57. The topological polar surface area (TPSA) is 15.3 Å². The molecule has 2 rings (SSSR count). The molecule has 0 bridgehead atoms. The molecular formula is C18H24N2. The number of benzene rings is 2. The van der Waals surface area contributed by atoms with E-state index in [9.17, 15) is 0 Å². The molecule has 0 spiro atoms. The lowest BCUT2D eigenvalue weighted by Crippen LogP contribution is -2.13. The molecule has 2 aromatic carbocycles. The van der Waals surface area contributed by atoms with E-state index in [1.807, 2.05) is 0 Å². The fraction of sp³-hybridized carbons (Fsp3) is 0.333. The molecule has 0 radical (unpaired) electrons. The molecule has 20 heavy (non-hydrogen) atoms. The Bertz CT molecular complexity index is 573. The number of rotatable bonds is 5. The Hall–Kier alpha value is -1.80. The quantitative estimate of drug-likeness (QED) is 0.882. The van der Waals surface area contributed by atoms with Gasteiger partial charge in [-0.15, -0.1) is 0 Å². The summed E-state index contributed by atoms with van der Waals surface area (Å²) < 4.78 is 0. The van der Waals surface area contributed by atoms with Crippen LogP contribution in [0.15, 0.2) is 42.5 Å². The maximum atomic E-state index is 3.57. The third-order valence-electron chi connectivity index (χ3n) is 3.47. The Labute approximate surface area is 122 Å². The van der Waals surface area contributed by atoms with Crippen LogP contribution in [0.1, 0.15) is 22.3 Å². The molecule has 2 heteroatoms. The van der Waals surface area contributed by atoms with Crippen LogP contribution in [0.5, 0.6) is 0 Å². The van der Waals surface area contributed by atoms with Gasteiger partial charge in [-0.3, -0.25) is 0 Å². The van der Waals surface area contributed by atoms with Crippen molar-refractivity contribution < 1.29 is 0 Å². The Morgan fingerprint density at radius 2 is 1.70 bits per heavy atom. The molecule has 106 valence electrons. The van der Waals surface area contributed by atoms with Gasteiger partial charge in [0.1, 0.15) is 0 Å². The molecule has 0 saturated heterocycles. The first-order chi connectivity index (χ1) is 9.56. The molecule has 0 unspecified atom stereocenters. The molecular weight excluding hydrogens is 244 g/mol. The van der Waals surface area contributed by atoms with Gasteiger partial charge in [-0.05, 0) is 50.7 Å². The maximum Gasteiger partial charge on any atom is 0.0403 e. The molecule has 0 fully saturated rings. The summed E-state index contributed by atoms with van der Waals surface area (Å²) in [4.78, 5) is 2.19. The van der Waals surface area contributed by atoms with Crippen molar-refractivity contribution in [3.63, 3.8) is 0 Å². The molecule has 0 aliphatic carbocycles. The van der Waals surface area contributed by atoms with Gasteiger partial charge in [-0.25, -0.2) is 0 Å². The van der Waals surface area contributed by atoms with Crippen molar-refractivity contribution in [1.82, 2.24) is 4.90 Å². The van der Waals surface area contributed by atoms with Crippen molar-refractivity contribution in [2.75, 3.05) is 19.4 Å². The number of nitrogens with one attached hydrogen (secondary N) is 1. The fourth-order valence-electron chi connectivity index (χ4n) is 2.41. The SMILES string of the molecule is Cc1ccc(CNc2ccccc2CN(C)C)c(C)c1. The fourth-order valence-corrected chi connectivity index (χ4v) is 2.41. The zero-order valence-corrected chi connectivity index (χ0v) is 12.9. The Kier molecular flexibility index (Phi) is 4.80. The smallest absolute Gasteiger partial charge is 0.0403 e. The van der Waals surface area contributed by atoms with E-state index in [1.54, 1.807) is 0 Å². The Morgan fingerprint density at radius 3 is 2.40 bits per heavy atom. The largest absolute Gasteiger partial charge is 0.381 e. The molecule has 0 aliphatic rings. The van der Waals surface area contributed by atoms with Crippen LogP contribution in [0.2, 0.25) is 0 Å². The summed E-state index contributed by atoms with van der Waals surface area (Å²) in [5.74, 6) is 0. The Morgan fingerprint density at radius 1 is 0.950 bits per heavy atom. The van der Waals surface area contributed by atoms with E-state index < -0.39 is 0 Å². The third-order valence-corrected chi connectivity index (χ3v) is 3.47. The third kappa shape index (κ3) is 3.84. The zero-order valence-electron chi connectivity index (χ0n) is 12.9. The van der Waals surface area contributed by atoms with Crippen molar-refractivity contribution in [2.24, 2.45) is 0 Å². The molecule has 1 N–H and O–H groups in total. The van der Waals surface area contributed by atoms with Gasteiger partial charge in [-0.2, -0.15) is 0 Å². The molecule has 0 aromatic heterocycles. The second-order valence-electron chi connectivity index (χ2n) is 5.68. The standard InChI is InChI=1S/C18H24N2/c1-14-9-10-16(15(2)11-14)12-19-18-8-6-5-7-17(18)13-20(3)4/h5-11,19H,12-13H2,1-4H3. The van der Waals surface area contributed by atoms with Crippen molar-refractivity contribution in [3.8, 4) is 0 Å². The summed E-state index contributed by atoms with van der Waals surface area (Å²) in [6.07, 6.45) is 0. The second-order valence-corrected chi connectivity index (χ2v) is 5.68. The first-order valence-corrected chi connectivity index (χ1v) is 7.09. The second kappa shape index (κ2) is 6.58. The number of hydrogen-bond donors (Lipinski definition) is 1. The number of hydrogen-bond acceptors (Lipinski definition) is 2. The molecule has 0 saturated carbocycles. The summed E-state index contributed by atoms with van der Waals surface area (Å²) >= 11 is 0. The minimum atomic E-state index is 0.872. The highest BCUT2D eigenvalue weighted by Gasteiger charge is 2.04. The summed E-state index contributed by atoms with van der Waals surface area (Å²) in [6.45, 7) is 6.14. The first-order valence-electron chi connectivity index (χ1n) is 7.09. The van der Waals surface area contributed by atoms with Crippen LogP contribution in [0.3, 0.4) is 0 Å². The first kappa shape index (κ1) is 14.6. The molecule has 0 heterocycles. The van der Waals surface area contributed by atoms with Crippen LogP contribution >= 0.6 is 0 Å². The van der Waals surface area contributed by atoms with Crippen LogP contribution in [0, 0.1) is 13.8 Å². The van der Waals surface area contributed by atoms with E-state index >= 15 is 0 Å². The Balaban J connectivity index is 2.10. The zero-order chi connectivity index (χ0) is 14.5. The van der Waals surface area contributed by atoms with Crippen molar-refractivity contribution in [3.05, 3.63) is 64.7 Å². The molecule has 0 aliphatic heterocycles. The minimum Gasteiger partial charge on any atom is -0.381 e. The molecule has 0 atom stereocenters. The van der Waals surface area contributed by atoms with Gasteiger partial charge < -0.3 is 10.2 Å². The lowest BCUT2D eigenvalue weighted by molar-refractivity contribution is 0.403. The van der Waals surface area contributed by atoms with Crippen LogP contribution in [0.4, 0.5) is 5.69 Å². The van der Waals surface area contributed by atoms with E-state index in [0.29, 0.717) is 0 Å². The highest BCUT2D eigenvalue weighted by Crippen LogP contribution is 2.18. The van der Waals surface area contributed by atoms with E-state index in [2.05, 4.69) is 80.6 Å². The van der Waals surface area contributed by atoms with Gasteiger partial charge in [0.15, 0.2) is 0 Å². The number of aryl methyl sites for hydroxylation is 2. The number of para-hydroxylation sites is 1. The van der Waals surface area contributed by atoms with Crippen LogP contribution in [0.25, 0.3) is 0 Å². The monoisotopic (exact) mass is 268 g/mol. The summed E-state index contributed by atoms with van der Waals surface area (Å²) in [5, 5.41) is 3.57. The van der Waals surface area contributed by atoms with Gasteiger partial charge in [-0.1, -0.05) is 42.0 Å². The van der Waals surface area contributed by atoms with Gasteiger partial charge >= 0.3 is 0 Å². The summed E-state index contributed by atoms with van der Waals surface area (Å²) in [7, 11) is 4.20. The lowest BCUT2D eigenvalue weighted by Gasteiger charge is -2.16. The van der Waals surface area contributed by atoms with E-state index in [0.717, 1.165) is 13.1 Å². The normalized spacial score (nSPS) is 10.8.